The highest BCUT2D eigenvalue weighted by Crippen LogP contribution is 2.31. The van der Waals surface area contributed by atoms with Crippen LogP contribution in [-0.2, 0) is 0 Å². The molecule has 0 atom stereocenters. The lowest BCUT2D eigenvalue weighted by atomic mass is 10.1. The van der Waals surface area contributed by atoms with E-state index in [9.17, 15) is 4.39 Å². The molecule has 3 aromatic rings. The van der Waals surface area contributed by atoms with Crippen molar-refractivity contribution in [3.05, 3.63) is 59.7 Å². The van der Waals surface area contributed by atoms with E-state index in [4.69, 9.17) is 5.73 Å². The highest BCUT2D eigenvalue weighted by molar-refractivity contribution is 6.01. The highest BCUT2D eigenvalue weighted by atomic mass is 19.1. The molecule has 3 nitrogen and oxygen atoms in total. The Morgan fingerprint density at radius 3 is 2.62 bits per heavy atom. The quantitative estimate of drug-likeness (QED) is 0.688. The number of anilines is 3. The summed E-state index contributed by atoms with van der Waals surface area (Å²) in [6.07, 6.45) is 1.75. The first-order valence-corrected chi connectivity index (χ1v) is 6.72. The molecule has 0 unspecified atom stereocenters. The maximum Gasteiger partial charge on any atom is 0.146 e. The van der Waals surface area contributed by atoms with Crippen LogP contribution >= 0.6 is 0 Å². The van der Waals surface area contributed by atoms with Crippen LogP contribution in [0.1, 0.15) is 11.3 Å². The second-order valence-electron chi connectivity index (χ2n) is 5.18. The first-order chi connectivity index (χ1) is 10.0. The monoisotopic (exact) mass is 281 g/mol. The zero-order valence-corrected chi connectivity index (χ0v) is 11.9. The molecular weight excluding hydrogens is 265 g/mol. The zero-order chi connectivity index (χ0) is 15.0. The fourth-order valence-corrected chi connectivity index (χ4v) is 2.35. The third-order valence-corrected chi connectivity index (χ3v) is 3.46. The molecule has 4 heteroatoms. The molecule has 0 radical (unpaired) electrons. The van der Waals surface area contributed by atoms with E-state index in [2.05, 4.69) is 10.3 Å². The van der Waals surface area contributed by atoms with Crippen LogP contribution in [0.2, 0.25) is 0 Å². The van der Waals surface area contributed by atoms with Gasteiger partial charge in [-0.15, -0.1) is 0 Å². The molecule has 0 amide bonds. The molecule has 0 fully saturated rings. The fraction of sp³-hybridized carbons (Fsp3) is 0.118. The lowest BCUT2D eigenvalue weighted by Gasteiger charge is -2.13. The summed E-state index contributed by atoms with van der Waals surface area (Å²) in [5.41, 5.74) is 9.80. The van der Waals surface area contributed by atoms with Crippen molar-refractivity contribution in [2.24, 2.45) is 0 Å². The van der Waals surface area contributed by atoms with E-state index in [1.165, 1.54) is 6.07 Å². The average Bonchev–Trinajstić information content (AvgIpc) is 2.46. The van der Waals surface area contributed by atoms with Crippen molar-refractivity contribution in [3.63, 3.8) is 0 Å². The van der Waals surface area contributed by atoms with Crippen LogP contribution in [0.4, 0.5) is 21.5 Å². The molecule has 3 N–H and O–H groups in total. The van der Waals surface area contributed by atoms with Crippen molar-refractivity contribution in [2.75, 3.05) is 11.1 Å². The molecule has 3 rings (SSSR count). The van der Waals surface area contributed by atoms with Crippen LogP contribution in [0.25, 0.3) is 10.8 Å². The summed E-state index contributed by atoms with van der Waals surface area (Å²) in [5, 5.41) is 4.95. The topological polar surface area (TPSA) is 50.9 Å². The van der Waals surface area contributed by atoms with E-state index in [0.717, 1.165) is 27.7 Å². The second kappa shape index (κ2) is 5.05. The van der Waals surface area contributed by atoms with Crippen molar-refractivity contribution in [3.8, 4) is 0 Å². The maximum atomic E-state index is 13.9. The van der Waals surface area contributed by atoms with Gasteiger partial charge in [-0.05, 0) is 49.7 Å². The number of nitrogens with zero attached hydrogens (tertiary/aromatic N) is 1. The van der Waals surface area contributed by atoms with Crippen LogP contribution in [0.15, 0.2) is 42.6 Å². The number of benzene rings is 2. The van der Waals surface area contributed by atoms with Gasteiger partial charge >= 0.3 is 0 Å². The molecule has 0 saturated carbocycles. The number of hydrogen-bond donors (Lipinski definition) is 2. The number of aryl methyl sites for hydroxylation is 2. The predicted octanol–water partition coefficient (Wildman–Crippen LogP) is 4.32. The molecule has 0 aliphatic heterocycles. The Labute approximate surface area is 122 Å². The molecule has 0 spiro atoms. The average molecular weight is 281 g/mol. The number of halogens is 1. The van der Waals surface area contributed by atoms with Gasteiger partial charge in [0.2, 0.25) is 0 Å². The second-order valence-corrected chi connectivity index (χ2v) is 5.18. The number of nitrogens with one attached hydrogen (secondary N) is 1. The van der Waals surface area contributed by atoms with Gasteiger partial charge < -0.3 is 11.1 Å². The molecule has 0 bridgehead atoms. The lowest BCUT2D eigenvalue weighted by molar-refractivity contribution is 0.631. The predicted molar refractivity (Wildman–Crippen MR) is 85.3 cm³/mol. The standard InChI is InChI=1S/C17H16FN3/c1-10-3-4-14(18)17(7-10)21-16-6-5-15(19)13-9-20-11(2)8-12(13)16/h3-9,21H,19H2,1-2H3. The summed E-state index contributed by atoms with van der Waals surface area (Å²) < 4.78 is 13.9. The number of pyridine rings is 1. The lowest BCUT2D eigenvalue weighted by Crippen LogP contribution is -1.98. The van der Waals surface area contributed by atoms with Crippen LogP contribution in [0.5, 0.6) is 0 Å². The number of nitrogen functional groups attached to an aromatic ring is 1. The van der Waals surface area contributed by atoms with Gasteiger partial charge in [-0.25, -0.2) is 4.39 Å². The number of aromatic nitrogens is 1. The smallest absolute Gasteiger partial charge is 0.146 e. The molecule has 0 aliphatic carbocycles. The molecule has 21 heavy (non-hydrogen) atoms. The fourth-order valence-electron chi connectivity index (χ4n) is 2.35. The molecule has 106 valence electrons. The number of nitrogens with two attached hydrogens (primary N) is 1. The first kappa shape index (κ1) is 13.4. The van der Waals surface area contributed by atoms with E-state index in [-0.39, 0.29) is 5.82 Å². The van der Waals surface area contributed by atoms with Gasteiger partial charge in [0, 0.05) is 34.0 Å². The van der Waals surface area contributed by atoms with Gasteiger partial charge in [0.05, 0.1) is 5.69 Å². The summed E-state index contributed by atoms with van der Waals surface area (Å²) in [7, 11) is 0. The van der Waals surface area contributed by atoms with Crippen LogP contribution in [0.3, 0.4) is 0 Å². The van der Waals surface area contributed by atoms with Gasteiger partial charge in [0.15, 0.2) is 0 Å². The number of rotatable bonds is 2. The summed E-state index contributed by atoms with van der Waals surface area (Å²) in [6, 6.07) is 10.6. The Bertz CT molecular complexity index is 828. The van der Waals surface area contributed by atoms with Crippen molar-refractivity contribution in [1.29, 1.82) is 0 Å². The Hall–Kier alpha value is -2.62. The van der Waals surface area contributed by atoms with Gasteiger partial charge in [0.1, 0.15) is 5.82 Å². The third kappa shape index (κ3) is 2.52. The summed E-state index contributed by atoms with van der Waals surface area (Å²) >= 11 is 0. The molecule has 1 aromatic heterocycles. The highest BCUT2D eigenvalue weighted by Gasteiger charge is 2.08. The Morgan fingerprint density at radius 1 is 1.00 bits per heavy atom. The Morgan fingerprint density at radius 2 is 1.81 bits per heavy atom. The van der Waals surface area contributed by atoms with Gasteiger partial charge in [-0.2, -0.15) is 0 Å². The number of fused-ring (bicyclic) bond motifs is 1. The van der Waals surface area contributed by atoms with E-state index >= 15 is 0 Å². The minimum Gasteiger partial charge on any atom is -0.398 e. The Balaban J connectivity index is 2.14. The SMILES string of the molecule is Cc1ccc(F)c(Nc2ccc(N)c3cnc(C)cc23)c1. The maximum absolute atomic E-state index is 13.9. The van der Waals surface area contributed by atoms with Crippen LogP contribution in [-0.4, -0.2) is 4.98 Å². The molecular formula is C17H16FN3. The Kier molecular flexibility index (Phi) is 3.22. The molecule has 0 aliphatic rings. The normalized spacial score (nSPS) is 10.8. The summed E-state index contributed by atoms with van der Waals surface area (Å²) in [6.45, 7) is 3.85. The van der Waals surface area contributed by atoms with Crippen molar-refractivity contribution in [1.82, 2.24) is 4.98 Å². The van der Waals surface area contributed by atoms with Crippen molar-refractivity contribution < 1.29 is 4.39 Å². The molecule has 0 saturated heterocycles. The summed E-state index contributed by atoms with van der Waals surface area (Å²) in [5.74, 6) is -0.281. The first-order valence-electron chi connectivity index (χ1n) is 6.72. The molecule has 1 heterocycles. The molecule has 2 aromatic carbocycles. The minimum atomic E-state index is -0.281. The van der Waals surface area contributed by atoms with Gasteiger partial charge in [-0.1, -0.05) is 6.07 Å². The number of hydrogen-bond acceptors (Lipinski definition) is 3. The van der Waals surface area contributed by atoms with Crippen molar-refractivity contribution in [2.45, 2.75) is 13.8 Å². The van der Waals surface area contributed by atoms with Gasteiger partial charge in [0.25, 0.3) is 0 Å². The van der Waals surface area contributed by atoms with E-state index in [1.807, 2.05) is 26.0 Å². The van der Waals surface area contributed by atoms with E-state index in [1.54, 1.807) is 24.4 Å². The van der Waals surface area contributed by atoms with E-state index in [0.29, 0.717) is 11.4 Å². The zero-order valence-electron chi connectivity index (χ0n) is 11.9. The third-order valence-electron chi connectivity index (χ3n) is 3.46. The van der Waals surface area contributed by atoms with Crippen LogP contribution in [0, 0.1) is 19.7 Å². The van der Waals surface area contributed by atoms with Crippen molar-refractivity contribution >= 4 is 27.8 Å². The minimum absolute atomic E-state index is 0.281. The van der Waals surface area contributed by atoms with Gasteiger partial charge in [-0.3, -0.25) is 4.98 Å². The van der Waals surface area contributed by atoms with Crippen LogP contribution < -0.4 is 11.1 Å². The summed E-state index contributed by atoms with van der Waals surface area (Å²) in [4.78, 5) is 4.27. The largest absolute Gasteiger partial charge is 0.398 e. The van der Waals surface area contributed by atoms with E-state index < -0.39 is 0 Å².